The Hall–Kier alpha value is -0.520. The van der Waals surface area contributed by atoms with Crippen molar-refractivity contribution in [1.82, 2.24) is 5.32 Å². The molecular formula is C13H16BrNO2S. The van der Waals surface area contributed by atoms with E-state index in [0.29, 0.717) is 18.1 Å². The second-order valence-corrected chi connectivity index (χ2v) is 6.86. The molecular weight excluding hydrogens is 314 g/mol. The maximum Gasteiger partial charge on any atom is 0.323 e. The largest absolute Gasteiger partial charge is 0.480 e. The predicted octanol–water partition coefficient (Wildman–Crippen LogP) is 3.14. The fourth-order valence-electron chi connectivity index (χ4n) is 2.33. The van der Waals surface area contributed by atoms with E-state index in [0.717, 1.165) is 10.9 Å². The van der Waals surface area contributed by atoms with Crippen LogP contribution in [0.3, 0.4) is 0 Å². The van der Waals surface area contributed by atoms with Crippen molar-refractivity contribution in [3.63, 3.8) is 0 Å². The van der Waals surface area contributed by atoms with Crippen molar-refractivity contribution in [1.29, 1.82) is 0 Å². The van der Waals surface area contributed by atoms with E-state index < -0.39 is 11.5 Å². The van der Waals surface area contributed by atoms with Crippen molar-refractivity contribution in [3.8, 4) is 0 Å². The molecule has 2 N–H and O–H groups in total. The highest BCUT2D eigenvalue weighted by Gasteiger charge is 2.44. The Morgan fingerprint density at radius 2 is 2.17 bits per heavy atom. The molecule has 0 bridgehead atoms. The van der Waals surface area contributed by atoms with Gasteiger partial charge in [-0.25, -0.2) is 0 Å². The van der Waals surface area contributed by atoms with Crippen LogP contribution in [-0.4, -0.2) is 28.9 Å². The molecule has 0 amide bonds. The Balaban J connectivity index is 2.01. The Morgan fingerprint density at radius 1 is 1.50 bits per heavy atom. The van der Waals surface area contributed by atoms with Gasteiger partial charge in [-0.1, -0.05) is 15.9 Å². The maximum atomic E-state index is 11.3. The van der Waals surface area contributed by atoms with Crippen molar-refractivity contribution >= 4 is 33.7 Å². The zero-order chi connectivity index (χ0) is 13.2. The van der Waals surface area contributed by atoms with E-state index in [-0.39, 0.29) is 0 Å². The van der Waals surface area contributed by atoms with Crippen molar-refractivity contribution in [2.75, 3.05) is 7.05 Å². The maximum absolute atomic E-state index is 11.3. The van der Waals surface area contributed by atoms with Gasteiger partial charge in [0.1, 0.15) is 5.54 Å². The highest BCUT2D eigenvalue weighted by molar-refractivity contribution is 9.10. The molecule has 18 heavy (non-hydrogen) atoms. The van der Waals surface area contributed by atoms with Gasteiger partial charge >= 0.3 is 5.97 Å². The Kier molecular flexibility index (Phi) is 4.35. The zero-order valence-electron chi connectivity index (χ0n) is 10.1. The summed E-state index contributed by atoms with van der Waals surface area (Å²) in [6, 6.07) is 8.16. The lowest BCUT2D eigenvalue weighted by Gasteiger charge is -2.23. The minimum atomic E-state index is -0.732. The number of carbonyl (C=O) groups is 1. The molecule has 0 aliphatic heterocycles. The zero-order valence-corrected chi connectivity index (χ0v) is 12.6. The van der Waals surface area contributed by atoms with Gasteiger partial charge in [0, 0.05) is 14.6 Å². The van der Waals surface area contributed by atoms with Crippen LogP contribution in [0.1, 0.15) is 19.3 Å². The van der Waals surface area contributed by atoms with Crippen LogP contribution in [0.25, 0.3) is 0 Å². The second-order valence-electron chi connectivity index (χ2n) is 4.57. The molecule has 1 aliphatic rings. The number of thioether (sulfide) groups is 1. The lowest BCUT2D eigenvalue weighted by atomic mass is 9.99. The number of aliphatic carboxylic acids is 1. The number of rotatable bonds is 4. The number of nitrogens with one attached hydrogen (secondary N) is 1. The fraction of sp³-hybridized carbons (Fsp3) is 0.462. The van der Waals surface area contributed by atoms with Crippen molar-refractivity contribution in [2.24, 2.45) is 0 Å². The molecule has 2 atom stereocenters. The summed E-state index contributed by atoms with van der Waals surface area (Å²) < 4.78 is 1.06. The van der Waals surface area contributed by atoms with Gasteiger partial charge < -0.3 is 10.4 Å². The van der Waals surface area contributed by atoms with Gasteiger partial charge in [-0.2, -0.15) is 0 Å². The minimum Gasteiger partial charge on any atom is -0.480 e. The van der Waals surface area contributed by atoms with E-state index in [9.17, 15) is 9.90 Å². The molecule has 2 unspecified atom stereocenters. The first-order chi connectivity index (χ1) is 8.55. The van der Waals surface area contributed by atoms with Gasteiger partial charge in [-0.3, -0.25) is 4.79 Å². The van der Waals surface area contributed by atoms with Crippen LogP contribution in [0.15, 0.2) is 33.6 Å². The molecule has 0 heterocycles. The minimum absolute atomic E-state index is 0.370. The second kappa shape index (κ2) is 5.63. The summed E-state index contributed by atoms with van der Waals surface area (Å²) in [5, 5.41) is 12.7. The topological polar surface area (TPSA) is 49.3 Å². The average Bonchev–Trinajstić information content (AvgIpc) is 2.77. The SMILES string of the molecule is CNC1(C(=O)O)CCC(Sc2ccc(Br)cc2)C1. The molecule has 1 saturated carbocycles. The smallest absolute Gasteiger partial charge is 0.323 e. The third-order valence-electron chi connectivity index (χ3n) is 3.47. The van der Waals surface area contributed by atoms with Gasteiger partial charge in [0.25, 0.3) is 0 Å². The summed E-state index contributed by atoms with van der Waals surface area (Å²) in [4.78, 5) is 12.5. The van der Waals surface area contributed by atoms with E-state index in [1.807, 2.05) is 12.1 Å². The number of hydrogen-bond acceptors (Lipinski definition) is 3. The van der Waals surface area contributed by atoms with Crippen LogP contribution in [0.2, 0.25) is 0 Å². The number of halogens is 1. The normalized spacial score (nSPS) is 27.3. The van der Waals surface area contributed by atoms with E-state index in [1.165, 1.54) is 4.90 Å². The standard InChI is InChI=1S/C13H16BrNO2S/c1-15-13(12(16)17)7-6-11(8-13)18-10-4-2-9(14)3-5-10/h2-5,11,15H,6-8H2,1H3,(H,16,17). The van der Waals surface area contributed by atoms with Gasteiger partial charge in [0.15, 0.2) is 0 Å². The molecule has 2 rings (SSSR count). The van der Waals surface area contributed by atoms with Gasteiger partial charge in [-0.05, 0) is 50.6 Å². The quantitative estimate of drug-likeness (QED) is 0.890. The van der Waals surface area contributed by atoms with E-state index in [4.69, 9.17) is 0 Å². The fourth-order valence-corrected chi connectivity index (χ4v) is 3.88. The molecule has 5 heteroatoms. The number of likely N-dealkylation sites (N-methyl/N-ethyl adjacent to an activating group) is 1. The summed E-state index contributed by atoms with van der Waals surface area (Å²) in [5.41, 5.74) is -0.729. The average molecular weight is 330 g/mol. The van der Waals surface area contributed by atoms with Gasteiger partial charge in [0.2, 0.25) is 0 Å². The summed E-state index contributed by atoms with van der Waals surface area (Å²) in [5.74, 6) is -0.732. The number of carboxylic acids is 1. The summed E-state index contributed by atoms with van der Waals surface area (Å²) in [6.07, 6.45) is 2.32. The van der Waals surface area contributed by atoms with Crippen molar-refractivity contribution in [3.05, 3.63) is 28.7 Å². The van der Waals surface area contributed by atoms with Crippen LogP contribution in [0, 0.1) is 0 Å². The Labute approximate surface area is 119 Å². The first-order valence-corrected chi connectivity index (χ1v) is 7.57. The van der Waals surface area contributed by atoms with Crippen molar-refractivity contribution < 1.29 is 9.90 Å². The monoisotopic (exact) mass is 329 g/mol. The molecule has 1 aromatic rings. The number of carboxylic acid groups (broad SMARTS) is 1. The molecule has 1 aromatic carbocycles. The predicted molar refractivity (Wildman–Crippen MR) is 77.1 cm³/mol. The summed E-state index contributed by atoms with van der Waals surface area (Å²) >= 11 is 5.18. The molecule has 3 nitrogen and oxygen atoms in total. The van der Waals surface area contributed by atoms with Crippen LogP contribution >= 0.6 is 27.7 Å². The molecule has 1 aliphatic carbocycles. The molecule has 0 aromatic heterocycles. The van der Waals surface area contributed by atoms with E-state index in [1.54, 1.807) is 18.8 Å². The third-order valence-corrected chi connectivity index (χ3v) is 5.28. The van der Waals surface area contributed by atoms with Crippen LogP contribution in [0.4, 0.5) is 0 Å². The van der Waals surface area contributed by atoms with Crippen LogP contribution in [-0.2, 0) is 4.79 Å². The third kappa shape index (κ3) is 2.90. The highest BCUT2D eigenvalue weighted by atomic mass is 79.9. The van der Waals surface area contributed by atoms with Crippen molar-refractivity contribution in [2.45, 2.75) is 34.9 Å². The Bertz CT molecular complexity index is 437. The van der Waals surface area contributed by atoms with Gasteiger partial charge in [0.05, 0.1) is 0 Å². The highest BCUT2D eigenvalue weighted by Crippen LogP contribution is 2.40. The molecule has 0 radical (unpaired) electrons. The number of hydrogen-bond donors (Lipinski definition) is 2. The summed E-state index contributed by atoms with van der Waals surface area (Å²) in [6.45, 7) is 0. The lowest BCUT2D eigenvalue weighted by Crippen LogP contribution is -2.48. The lowest BCUT2D eigenvalue weighted by molar-refractivity contribution is -0.144. The first-order valence-electron chi connectivity index (χ1n) is 5.90. The molecule has 0 spiro atoms. The molecule has 98 valence electrons. The first kappa shape index (κ1) is 13.9. The van der Waals surface area contributed by atoms with Crippen LogP contribution in [0.5, 0.6) is 0 Å². The van der Waals surface area contributed by atoms with Crippen LogP contribution < -0.4 is 5.32 Å². The molecule has 1 fully saturated rings. The van der Waals surface area contributed by atoms with E-state index >= 15 is 0 Å². The van der Waals surface area contributed by atoms with E-state index in [2.05, 4.69) is 33.4 Å². The Morgan fingerprint density at radius 3 is 2.67 bits per heavy atom. The van der Waals surface area contributed by atoms with Gasteiger partial charge in [-0.15, -0.1) is 11.8 Å². The molecule has 0 saturated heterocycles. The summed E-state index contributed by atoms with van der Waals surface area (Å²) in [7, 11) is 1.74. The number of benzene rings is 1.